The van der Waals surface area contributed by atoms with Gasteiger partial charge < -0.3 is 0 Å². The van der Waals surface area contributed by atoms with Gasteiger partial charge in [0.15, 0.2) is 0 Å². The van der Waals surface area contributed by atoms with E-state index in [0.717, 1.165) is 37.6 Å². The Kier molecular flexibility index (Phi) is 5.27. The molecule has 0 N–H and O–H groups in total. The van der Waals surface area contributed by atoms with E-state index in [-0.39, 0.29) is 5.69 Å². The summed E-state index contributed by atoms with van der Waals surface area (Å²) in [5.74, 6) is 0. The third-order valence-corrected chi connectivity index (χ3v) is 5.90. The van der Waals surface area contributed by atoms with Gasteiger partial charge in [0.25, 0.3) is 5.69 Å². The van der Waals surface area contributed by atoms with Crippen LogP contribution in [0.3, 0.4) is 0 Å². The van der Waals surface area contributed by atoms with Crippen molar-refractivity contribution in [2.45, 2.75) is 6.54 Å². The van der Waals surface area contributed by atoms with Gasteiger partial charge in [-0.3, -0.25) is 19.8 Å². The predicted octanol–water partition coefficient (Wildman–Crippen LogP) is 5.68. The number of benzene rings is 2. The molecule has 0 aliphatic heterocycles. The monoisotopic (exact) mass is 439 g/mol. The van der Waals surface area contributed by atoms with Crippen LogP contribution in [0.25, 0.3) is 33.6 Å². The van der Waals surface area contributed by atoms with Crippen LogP contribution in [0.1, 0.15) is 16.1 Å². The summed E-state index contributed by atoms with van der Waals surface area (Å²) in [6.07, 6.45) is 9.43. The van der Waals surface area contributed by atoms with Crippen molar-refractivity contribution in [3.8, 4) is 11.3 Å². The number of thiazole rings is 1. The lowest BCUT2D eigenvalue weighted by Gasteiger charge is -2.01. The van der Waals surface area contributed by atoms with Gasteiger partial charge in [0.2, 0.25) is 0 Å². The SMILES string of the molecule is O=[N+]([O-])c1ccc2nc(/C=C/c3cn(Cc4ccccc4)nc3-c3cccnc3)sc2c1. The van der Waals surface area contributed by atoms with Crippen molar-refractivity contribution in [1.29, 1.82) is 0 Å². The summed E-state index contributed by atoms with van der Waals surface area (Å²) < 4.78 is 2.70. The van der Waals surface area contributed by atoms with Crippen LogP contribution in [-0.2, 0) is 6.54 Å². The van der Waals surface area contributed by atoms with E-state index in [2.05, 4.69) is 22.1 Å². The molecule has 0 bridgehead atoms. The fourth-order valence-corrected chi connectivity index (χ4v) is 4.32. The number of non-ortho nitro benzene ring substituents is 1. The third-order valence-electron chi connectivity index (χ3n) is 4.92. The van der Waals surface area contributed by atoms with Crippen molar-refractivity contribution in [1.82, 2.24) is 19.7 Å². The van der Waals surface area contributed by atoms with Gasteiger partial charge in [-0.15, -0.1) is 11.3 Å². The standard InChI is InChI=1S/C24H17N5O2S/c30-29(31)20-9-10-21-22(13-20)32-23(26-21)11-8-19-16-28(15-17-5-2-1-3-6-17)27-24(19)18-7-4-12-25-14-18/h1-14,16H,15H2/b11-8+. The Hall–Kier alpha value is -4.17. The molecular weight excluding hydrogens is 422 g/mol. The van der Waals surface area contributed by atoms with Crippen LogP contribution in [0, 0.1) is 10.1 Å². The average Bonchev–Trinajstić information content (AvgIpc) is 3.41. The molecule has 5 aromatic rings. The van der Waals surface area contributed by atoms with E-state index in [9.17, 15) is 10.1 Å². The van der Waals surface area contributed by atoms with Gasteiger partial charge >= 0.3 is 0 Å². The van der Waals surface area contributed by atoms with Crippen LogP contribution >= 0.6 is 11.3 Å². The molecule has 0 unspecified atom stereocenters. The molecule has 7 nitrogen and oxygen atoms in total. The van der Waals surface area contributed by atoms with E-state index in [0.29, 0.717) is 6.54 Å². The normalized spacial score (nSPS) is 11.4. The van der Waals surface area contributed by atoms with Gasteiger partial charge in [-0.25, -0.2) is 4.98 Å². The molecule has 0 amide bonds. The fourth-order valence-electron chi connectivity index (χ4n) is 3.41. The highest BCUT2D eigenvalue weighted by Gasteiger charge is 2.12. The van der Waals surface area contributed by atoms with Gasteiger partial charge in [0.1, 0.15) is 10.7 Å². The number of nitro benzene ring substituents is 1. The van der Waals surface area contributed by atoms with Crippen LogP contribution < -0.4 is 0 Å². The quantitative estimate of drug-likeness (QED) is 0.251. The zero-order valence-corrected chi connectivity index (χ0v) is 17.6. The topological polar surface area (TPSA) is 86.7 Å². The maximum atomic E-state index is 11.0. The van der Waals surface area contributed by atoms with Crippen molar-refractivity contribution < 1.29 is 4.92 Å². The lowest BCUT2D eigenvalue weighted by Crippen LogP contribution is -2.00. The molecule has 0 fully saturated rings. The molecule has 0 aliphatic carbocycles. The number of aromatic nitrogens is 4. The van der Waals surface area contributed by atoms with Crippen molar-refractivity contribution in [3.63, 3.8) is 0 Å². The maximum absolute atomic E-state index is 11.0. The van der Waals surface area contributed by atoms with Crippen LogP contribution in [0.15, 0.2) is 79.3 Å². The van der Waals surface area contributed by atoms with Crippen LogP contribution in [-0.4, -0.2) is 24.7 Å². The molecule has 32 heavy (non-hydrogen) atoms. The molecule has 8 heteroatoms. The van der Waals surface area contributed by atoms with Crippen LogP contribution in [0.2, 0.25) is 0 Å². The molecule has 0 saturated heterocycles. The first-order chi connectivity index (χ1) is 15.7. The zero-order chi connectivity index (χ0) is 21.9. The van der Waals surface area contributed by atoms with E-state index in [1.165, 1.54) is 17.4 Å². The lowest BCUT2D eigenvalue weighted by molar-refractivity contribution is -0.384. The van der Waals surface area contributed by atoms with E-state index in [4.69, 9.17) is 5.10 Å². The van der Waals surface area contributed by atoms with Crippen molar-refractivity contribution in [3.05, 3.63) is 106 Å². The van der Waals surface area contributed by atoms with Gasteiger partial charge in [-0.05, 0) is 35.9 Å². The first-order valence-electron chi connectivity index (χ1n) is 9.90. The number of rotatable bonds is 6. The number of nitrogens with zero attached hydrogens (tertiary/aromatic N) is 5. The zero-order valence-electron chi connectivity index (χ0n) is 16.8. The summed E-state index contributed by atoms with van der Waals surface area (Å²) in [5.41, 5.74) is 4.68. The summed E-state index contributed by atoms with van der Waals surface area (Å²) in [4.78, 5) is 19.4. The van der Waals surface area contributed by atoms with Gasteiger partial charge in [0.05, 0.1) is 21.7 Å². The van der Waals surface area contributed by atoms with E-state index in [1.54, 1.807) is 24.5 Å². The molecule has 5 rings (SSSR count). The molecule has 0 spiro atoms. The maximum Gasteiger partial charge on any atom is 0.270 e. The molecule has 0 radical (unpaired) electrons. The number of nitro groups is 1. The Labute approximate surface area is 187 Å². The van der Waals surface area contributed by atoms with E-state index in [1.807, 2.05) is 53.4 Å². The molecule has 2 aromatic carbocycles. The van der Waals surface area contributed by atoms with Gasteiger partial charge in [0, 0.05) is 41.9 Å². The summed E-state index contributed by atoms with van der Waals surface area (Å²) in [5, 5.41) is 16.6. The van der Waals surface area contributed by atoms with Crippen molar-refractivity contribution >= 4 is 39.4 Å². The van der Waals surface area contributed by atoms with Crippen LogP contribution in [0.4, 0.5) is 5.69 Å². The predicted molar refractivity (Wildman–Crippen MR) is 126 cm³/mol. The number of hydrogen-bond acceptors (Lipinski definition) is 6. The second kappa shape index (κ2) is 8.52. The summed E-state index contributed by atoms with van der Waals surface area (Å²) in [7, 11) is 0. The second-order valence-electron chi connectivity index (χ2n) is 7.15. The molecule has 0 aliphatic rings. The Morgan fingerprint density at radius 1 is 1.06 bits per heavy atom. The highest BCUT2D eigenvalue weighted by Crippen LogP contribution is 2.29. The first-order valence-corrected chi connectivity index (χ1v) is 10.7. The average molecular weight is 440 g/mol. The molecule has 0 saturated carbocycles. The third kappa shape index (κ3) is 4.17. The number of pyridine rings is 1. The summed E-state index contributed by atoms with van der Waals surface area (Å²) in [6.45, 7) is 0.659. The number of fused-ring (bicyclic) bond motifs is 1. The van der Waals surface area contributed by atoms with Gasteiger partial charge in [-0.1, -0.05) is 30.3 Å². The van der Waals surface area contributed by atoms with Crippen LogP contribution in [0.5, 0.6) is 0 Å². The highest BCUT2D eigenvalue weighted by molar-refractivity contribution is 7.19. The summed E-state index contributed by atoms with van der Waals surface area (Å²) >= 11 is 1.42. The smallest absolute Gasteiger partial charge is 0.267 e. The Morgan fingerprint density at radius 3 is 2.72 bits per heavy atom. The first kappa shape index (κ1) is 19.8. The largest absolute Gasteiger partial charge is 0.270 e. The van der Waals surface area contributed by atoms with Crippen molar-refractivity contribution in [2.24, 2.45) is 0 Å². The van der Waals surface area contributed by atoms with Gasteiger partial charge in [-0.2, -0.15) is 5.10 Å². The number of hydrogen-bond donors (Lipinski definition) is 0. The molecule has 156 valence electrons. The van der Waals surface area contributed by atoms with Crippen molar-refractivity contribution in [2.75, 3.05) is 0 Å². The highest BCUT2D eigenvalue weighted by atomic mass is 32.1. The fraction of sp³-hybridized carbons (Fsp3) is 0.0417. The molecule has 3 heterocycles. The molecule has 3 aromatic heterocycles. The lowest BCUT2D eigenvalue weighted by atomic mass is 10.1. The molecular formula is C24H17N5O2S. The minimum atomic E-state index is -0.393. The second-order valence-corrected chi connectivity index (χ2v) is 8.21. The molecule has 0 atom stereocenters. The minimum absolute atomic E-state index is 0.0673. The Morgan fingerprint density at radius 2 is 1.94 bits per heavy atom. The minimum Gasteiger partial charge on any atom is -0.267 e. The van der Waals surface area contributed by atoms with E-state index < -0.39 is 4.92 Å². The summed E-state index contributed by atoms with van der Waals surface area (Å²) in [6, 6.07) is 18.7. The Bertz CT molecular complexity index is 1430. The van der Waals surface area contributed by atoms with E-state index >= 15 is 0 Å². The Balaban J connectivity index is 1.49.